The second-order valence-electron chi connectivity index (χ2n) is 6.87. The Hall–Kier alpha value is -1.44. The van der Waals surface area contributed by atoms with E-state index in [1.807, 2.05) is 11.8 Å². The van der Waals surface area contributed by atoms with Crippen molar-refractivity contribution in [3.05, 3.63) is 45.9 Å². The van der Waals surface area contributed by atoms with E-state index in [4.69, 9.17) is 5.73 Å². The number of nitrogens with one attached hydrogen (secondary N) is 1. The highest BCUT2D eigenvalue weighted by molar-refractivity contribution is 14.0. The Kier molecular flexibility index (Phi) is 8.88. The maximum atomic E-state index is 13.1. The zero-order chi connectivity index (χ0) is 21.0. The highest BCUT2D eigenvalue weighted by Crippen LogP contribution is 2.24. The van der Waals surface area contributed by atoms with Gasteiger partial charge in [-0.05, 0) is 44.2 Å². The summed E-state index contributed by atoms with van der Waals surface area (Å²) in [6, 6.07) is 8.13. The van der Waals surface area contributed by atoms with Gasteiger partial charge in [0.15, 0.2) is 5.96 Å². The summed E-state index contributed by atoms with van der Waals surface area (Å²) in [6.45, 7) is 7.05. The third-order valence-corrected chi connectivity index (χ3v) is 7.44. The molecule has 1 aromatic carbocycles. The standard InChI is InChI=1S/C19H26FN5O2S2.HI/c1-14-13-18(15(2)28-14)29(26,27)23-8-7-22-19(21)25-11-9-24(10-12-25)17-5-3-16(20)4-6-17;/h3-6,13,23H,7-12H2,1-2H3,(H2,21,22);1H. The monoisotopic (exact) mass is 567 g/mol. The van der Waals surface area contributed by atoms with E-state index in [1.54, 1.807) is 25.1 Å². The molecule has 1 aliphatic heterocycles. The van der Waals surface area contributed by atoms with Gasteiger partial charge in [0, 0.05) is 48.2 Å². The van der Waals surface area contributed by atoms with Gasteiger partial charge in [-0.3, -0.25) is 4.99 Å². The van der Waals surface area contributed by atoms with E-state index in [0.29, 0.717) is 23.9 Å². The molecule has 0 amide bonds. The molecule has 7 nitrogen and oxygen atoms in total. The van der Waals surface area contributed by atoms with E-state index in [0.717, 1.165) is 28.5 Å². The number of nitrogens with zero attached hydrogens (tertiary/aromatic N) is 3. The van der Waals surface area contributed by atoms with Crippen LogP contribution >= 0.6 is 35.3 Å². The minimum Gasteiger partial charge on any atom is -0.370 e. The Morgan fingerprint density at radius 1 is 1.20 bits per heavy atom. The van der Waals surface area contributed by atoms with Crippen LogP contribution in [0.2, 0.25) is 0 Å². The van der Waals surface area contributed by atoms with E-state index in [1.165, 1.54) is 23.5 Å². The molecule has 1 aliphatic rings. The molecule has 0 spiro atoms. The first-order valence-electron chi connectivity index (χ1n) is 9.38. The average molecular weight is 567 g/mol. The lowest BCUT2D eigenvalue weighted by molar-refractivity contribution is 0.381. The summed E-state index contributed by atoms with van der Waals surface area (Å²) >= 11 is 1.46. The number of piperazine rings is 1. The molecule has 30 heavy (non-hydrogen) atoms. The maximum Gasteiger partial charge on any atom is 0.241 e. The van der Waals surface area contributed by atoms with Crippen molar-refractivity contribution in [1.82, 2.24) is 9.62 Å². The van der Waals surface area contributed by atoms with Crippen molar-refractivity contribution < 1.29 is 12.8 Å². The number of hydrogen-bond donors (Lipinski definition) is 2. The molecule has 3 rings (SSSR count). The van der Waals surface area contributed by atoms with Gasteiger partial charge in [-0.2, -0.15) is 0 Å². The summed E-state index contributed by atoms with van der Waals surface area (Å²) in [5, 5.41) is 0. The van der Waals surface area contributed by atoms with Crippen molar-refractivity contribution >= 4 is 57.0 Å². The van der Waals surface area contributed by atoms with Crippen molar-refractivity contribution in [3.8, 4) is 0 Å². The van der Waals surface area contributed by atoms with Crippen molar-refractivity contribution in [1.29, 1.82) is 0 Å². The van der Waals surface area contributed by atoms with Gasteiger partial charge in [-0.25, -0.2) is 17.5 Å². The molecule has 11 heteroatoms. The number of anilines is 1. The maximum absolute atomic E-state index is 13.1. The predicted molar refractivity (Wildman–Crippen MR) is 131 cm³/mol. The van der Waals surface area contributed by atoms with Crippen molar-refractivity contribution in [2.24, 2.45) is 10.7 Å². The molecule has 0 aliphatic carbocycles. The first kappa shape index (κ1) is 24.8. The number of sulfonamides is 1. The SMILES string of the molecule is Cc1cc(S(=O)(=O)NCCN=C(N)N2CCN(c3ccc(F)cc3)CC2)c(C)s1.I. The van der Waals surface area contributed by atoms with Crippen molar-refractivity contribution in [3.63, 3.8) is 0 Å². The number of thiophene rings is 1. The summed E-state index contributed by atoms with van der Waals surface area (Å²) in [5.41, 5.74) is 7.05. The van der Waals surface area contributed by atoms with Gasteiger partial charge in [0.25, 0.3) is 0 Å². The van der Waals surface area contributed by atoms with Crippen LogP contribution in [-0.2, 0) is 10.0 Å². The molecule has 1 fully saturated rings. The van der Waals surface area contributed by atoms with Crippen LogP contribution in [0.5, 0.6) is 0 Å². The second kappa shape index (κ2) is 10.7. The Labute approximate surface area is 198 Å². The molecule has 166 valence electrons. The molecular weight excluding hydrogens is 540 g/mol. The molecule has 1 aromatic heterocycles. The number of hydrogen-bond acceptors (Lipinski definition) is 5. The predicted octanol–water partition coefficient (Wildman–Crippen LogP) is 2.54. The van der Waals surface area contributed by atoms with Gasteiger partial charge in [-0.1, -0.05) is 0 Å². The quantitative estimate of drug-likeness (QED) is 0.243. The largest absolute Gasteiger partial charge is 0.370 e. The lowest BCUT2D eigenvalue weighted by Crippen LogP contribution is -2.51. The van der Waals surface area contributed by atoms with Crippen LogP contribution in [0.4, 0.5) is 10.1 Å². The normalized spacial score (nSPS) is 15.2. The fourth-order valence-corrected chi connectivity index (χ4v) is 5.82. The molecule has 3 N–H and O–H groups in total. The molecule has 2 aromatic rings. The molecule has 0 unspecified atom stereocenters. The van der Waals surface area contributed by atoms with Gasteiger partial charge in [-0.15, -0.1) is 35.3 Å². The number of guanidine groups is 1. The number of aryl methyl sites for hydroxylation is 2. The highest BCUT2D eigenvalue weighted by atomic mass is 127. The van der Waals surface area contributed by atoms with Crippen molar-refractivity contribution in [2.45, 2.75) is 18.7 Å². The zero-order valence-corrected chi connectivity index (χ0v) is 20.9. The van der Waals surface area contributed by atoms with Gasteiger partial charge < -0.3 is 15.5 Å². The zero-order valence-electron chi connectivity index (χ0n) is 17.0. The minimum absolute atomic E-state index is 0. The van der Waals surface area contributed by atoms with Crippen LogP contribution in [0.3, 0.4) is 0 Å². The van der Waals surface area contributed by atoms with Crippen molar-refractivity contribution in [2.75, 3.05) is 44.2 Å². The Morgan fingerprint density at radius 3 is 2.40 bits per heavy atom. The lowest BCUT2D eigenvalue weighted by Gasteiger charge is -2.36. The number of aliphatic imine (C=N–C) groups is 1. The Bertz CT molecular complexity index is 971. The third kappa shape index (κ3) is 6.28. The second-order valence-corrected chi connectivity index (χ2v) is 10.1. The van der Waals surface area contributed by atoms with Crippen LogP contribution in [-0.4, -0.2) is 58.5 Å². The minimum atomic E-state index is -3.53. The Morgan fingerprint density at radius 2 is 1.83 bits per heavy atom. The van der Waals surface area contributed by atoms with Gasteiger partial charge >= 0.3 is 0 Å². The summed E-state index contributed by atoms with van der Waals surface area (Å²) in [5.74, 6) is 0.161. The molecule has 0 saturated carbocycles. The van der Waals surface area contributed by atoms with E-state index in [2.05, 4.69) is 14.6 Å². The highest BCUT2D eigenvalue weighted by Gasteiger charge is 2.20. The molecule has 0 radical (unpaired) electrons. The topological polar surface area (TPSA) is 91.0 Å². The summed E-state index contributed by atoms with van der Waals surface area (Å²) < 4.78 is 40.4. The Balaban J connectivity index is 0.00000320. The van der Waals surface area contributed by atoms with Gasteiger partial charge in [0.1, 0.15) is 5.82 Å². The van der Waals surface area contributed by atoms with Crippen LogP contribution in [0.1, 0.15) is 9.75 Å². The smallest absolute Gasteiger partial charge is 0.241 e. The molecule has 0 atom stereocenters. The van der Waals surface area contributed by atoms with Crippen LogP contribution in [0.15, 0.2) is 40.2 Å². The fraction of sp³-hybridized carbons (Fsp3) is 0.421. The fourth-order valence-electron chi connectivity index (χ4n) is 3.25. The first-order valence-corrected chi connectivity index (χ1v) is 11.7. The molecule has 1 saturated heterocycles. The summed E-state index contributed by atoms with van der Waals surface area (Å²) in [6.07, 6.45) is 0. The number of halogens is 2. The van der Waals surface area contributed by atoms with Gasteiger partial charge in [0.05, 0.1) is 11.4 Å². The molecule has 2 heterocycles. The average Bonchev–Trinajstić information content (AvgIpc) is 3.05. The first-order chi connectivity index (χ1) is 13.8. The van der Waals surface area contributed by atoms with Crippen LogP contribution < -0.4 is 15.4 Å². The number of nitrogens with two attached hydrogens (primary N) is 1. The molecule has 0 bridgehead atoms. The van der Waals surface area contributed by atoms with Gasteiger partial charge in [0.2, 0.25) is 10.0 Å². The van der Waals surface area contributed by atoms with Crippen LogP contribution in [0.25, 0.3) is 0 Å². The third-order valence-electron chi connectivity index (χ3n) is 4.76. The number of rotatable bonds is 6. The molecular formula is C19H27FIN5O2S2. The summed E-state index contributed by atoms with van der Waals surface area (Å²) in [7, 11) is -3.53. The number of benzene rings is 1. The summed E-state index contributed by atoms with van der Waals surface area (Å²) in [4.78, 5) is 10.5. The van der Waals surface area contributed by atoms with E-state index in [-0.39, 0.29) is 42.9 Å². The van der Waals surface area contributed by atoms with Crippen LogP contribution in [0, 0.1) is 19.7 Å². The van der Waals surface area contributed by atoms with E-state index < -0.39 is 10.0 Å². The van der Waals surface area contributed by atoms with E-state index >= 15 is 0 Å². The lowest BCUT2D eigenvalue weighted by atomic mass is 10.2. The van der Waals surface area contributed by atoms with E-state index in [9.17, 15) is 12.8 Å².